The molecule has 1 N–H and O–H groups in total. The van der Waals surface area contributed by atoms with Crippen LogP contribution in [-0.4, -0.2) is 21.6 Å². The van der Waals surface area contributed by atoms with Crippen LogP contribution in [0.5, 0.6) is 0 Å². The molecular formula is C9H16O2S. The van der Waals surface area contributed by atoms with Crippen molar-refractivity contribution in [2.75, 3.05) is 5.75 Å². The van der Waals surface area contributed by atoms with Gasteiger partial charge in [0, 0.05) is 0 Å². The fraction of sp³-hybridized carbons (Fsp3) is 0.889. The van der Waals surface area contributed by atoms with Crippen LogP contribution in [-0.2, 0) is 4.79 Å². The van der Waals surface area contributed by atoms with E-state index in [1.807, 2.05) is 6.92 Å². The summed E-state index contributed by atoms with van der Waals surface area (Å²) in [5.74, 6) is 0.306. The average Bonchev–Trinajstić information content (AvgIpc) is 2.06. The smallest absolute Gasteiger partial charge is 0.319 e. The summed E-state index contributed by atoms with van der Waals surface area (Å²) in [6, 6.07) is 0. The third-order valence-corrected chi connectivity index (χ3v) is 3.90. The third kappa shape index (κ3) is 1.94. The van der Waals surface area contributed by atoms with Crippen LogP contribution in [0.2, 0.25) is 0 Å². The topological polar surface area (TPSA) is 37.3 Å². The van der Waals surface area contributed by atoms with Gasteiger partial charge in [-0.1, -0.05) is 26.2 Å². The number of carboxylic acid groups (broad SMARTS) is 1. The molecule has 1 aliphatic rings. The highest BCUT2D eigenvalue weighted by molar-refractivity contribution is 8.01. The molecule has 0 saturated heterocycles. The van der Waals surface area contributed by atoms with Gasteiger partial charge in [-0.05, 0) is 18.6 Å². The maximum atomic E-state index is 11.0. The van der Waals surface area contributed by atoms with E-state index >= 15 is 0 Å². The molecular weight excluding hydrogens is 172 g/mol. The Bertz CT molecular complexity index is 156. The van der Waals surface area contributed by atoms with Gasteiger partial charge in [0.1, 0.15) is 4.75 Å². The molecule has 1 saturated carbocycles. The molecule has 1 fully saturated rings. The molecule has 0 aromatic heterocycles. The van der Waals surface area contributed by atoms with Crippen molar-refractivity contribution in [2.45, 2.75) is 43.8 Å². The van der Waals surface area contributed by atoms with Gasteiger partial charge in [0.15, 0.2) is 0 Å². The molecule has 0 bridgehead atoms. The molecule has 0 radical (unpaired) electrons. The lowest BCUT2D eigenvalue weighted by Gasteiger charge is -2.32. The number of rotatable bonds is 3. The second kappa shape index (κ2) is 4.17. The van der Waals surface area contributed by atoms with Crippen molar-refractivity contribution in [2.24, 2.45) is 0 Å². The zero-order valence-electron chi connectivity index (χ0n) is 7.51. The van der Waals surface area contributed by atoms with Crippen molar-refractivity contribution in [1.82, 2.24) is 0 Å². The number of thioether (sulfide) groups is 1. The summed E-state index contributed by atoms with van der Waals surface area (Å²) in [5, 5.41) is 9.10. The Hall–Kier alpha value is -0.180. The molecule has 0 spiro atoms. The zero-order chi connectivity index (χ0) is 9.03. The quantitative estimate of drug-likeness (QED) is 0.739. The van der Waals surface area contributed by atoms with E-state index in [2.05, 4.69) is 0 Å². The van der Waals surface area contributed by atoms with Gasteiger partial charge in [0.2, 0.25) is 0 Å². The van der Waals surface area contributed by atoms with E-state index < -0.39 is 10.7 Å². The minimum absolute atomic E-state index is 0.437. The molecule has 70 valence electrons. The van der Waals surface area contributed by atoms with Crippen LogP contribution in [0, 0.1) is 0 Å². The van der Waals surface area contributed by atoms with Crippen molar-refractivity contribution in [3.05, 3.63) is 0 Å². The molecule has 0 aromatic carbocycles. The van der Waals surface area contributed by atoms with Crippen molar-refractivity contribution >= 4 is 17.7 Å². The van der Waals surface area contributed by atoms with Crippen molar-refractivity contribution in [3.63, 3.8) is 0 Å². The van der Waals surface area contributed by atoms with Gasteiger partial charge >= 0.3 is 5.97 Å². The minimum Gasteiger partial charge on any atom is -0.480 e. The Labute approximate surface area is 77.7 Å². The van der Waals surface area contributed by atoms with Crippen molar-refractivity contribution < 1.29 is 9.90 Å². The maximum absolute atomic E-state index is 11.0. The molecule has 0 aliphatic heterocycles. The van der Waals surface area contributed by atoms with E-state index in [0.717, 1.165) is 31.4 Å². The Morgan fingerprint density at radius 2 is 2.00 bits per heavy atom. The SMILES string of the molecule is CCSC1(C(=O)O)CCCCC1. The predicted octanol–water partition coefficient (Wildman–Crippen LogP) is 2.53. The molecule has 1 rings (SSSR count). The van der Waals surface area contributed by atoms with Crippen LogP contribution in [0.25, 0.3) is 0 Å². The summed E-state index contributed by atoms with van der Waals surface area (Å²) in [6.45, 7) is 2.03. The first-order chi connectivity index (χ1) is 5.71. The highest BCUT2D eigenvalue weighted by Crippen LogP contribution is 2.39. The van der Waals surface area contributed by atoms with Gasteiger partial charge in [-0.2, -0.15) is 0 Å². The van der Waals surface area contributed by atoms with E-state index in [1.54, 1.807) is 11.8 Å². The number of hydrogen-bond acceptors (Lipinski definition) is 2. The summed E-state index contributed by atoms with van der Waals surface area (Å²) < 4.78 is -0.437. The lowest BCUT2D eigenvalue weighted by molar-refractivity contribution is -0.140. The summed E-state index contributed by atoms with van der Waals surface area (Å²) in [5.41, 5.74) is 0. The molecule has 0 heterocycles. The van der Waals surface area contributed by atoms with E-state index in [1.165, 1.54) is 6.42 Å². The van der Waals surface area contributed by atoms with Crippen LogP contribution < -0.4 is 0 Å². The molecule has 12 heavy (non-hydrogen) atoms. The summed E-state index contributed by atoms with van der Waals surface area (Å²) in [6.07, 6.45) is 5.10. The number of carbonyl (C=O) groups is 1. The predicted molar refractivity (Wildman–Crippen MR) is 51.6 cm³/mol. The lowest BCUT2D eigenvalue weighted by atomic mass is 9.88. The van der Waals surface area contributed by atoms with Crippen LogP contribution in [0.3, 0.4) is 0 Å². The fourth-order valence-corrected chi connectivity index (χ4v) is 3.07. The monoisotopic (exact) mass is 188 g/mol. The summed E-state index contributed by atoms with van der Waals surface area (Å²) >= 11 is 1.61. The van der Waals surface area contributed by atoms with Gasteiger partial charge in [0.25, 0.3) is 0 Å². The normalized spacial score (nSPS) is 22.1. The Kier molecular flexibility index (Phi) is 3.44. The molecule has 0 unspecified atom stereocenters. The molecule has 0 aromatic rings. The van der Waals surface area contributed by atoms with Crippen LogP contribution in [0.15, 0.2) is 0 Å². The highest BCUT2D eigenvalue weighted by atomic mass is 32.2. The Balaban J connectivity index is 2.63. The largest absolute Gasteiger partial charge is 0.480 e. The van der Waals surface area contributed by atoms with Crippen molar-refractivity contribution in [3.8, 4) is 0 Å². The van der Waals surface area contributed by atoms with E-state index in [0.29, 0.717) is 0 Å². The maximum Gasteiger partial charge on any atom is 0.319 e. The Morgan fingerprint density at radius 3 is 2.42 bits per heavy atom. The summed E-state index contributed by atoms with van der Waals surface area (Å²) in [7, 11) is 0. The second-order valence-electron chi connectivity index (χ2n) is 3.29. The Morgan fingerprint density at radius 1 is 1.42 bits per heavy atom. The molecule has 2 nitrogen and oxygen atoms in total. The minimum atomic E-state index is -0.603. The first kappa shape index (κ1) is 9.90. The van der Waals surface area contributed by atoms with Gasteiger partial charge in [0.05, 0.1) is 0 Å². The van der Waals surface area contributed by atoms with E-state index in [9.17, 15) is 4.79 Å². The first-order valence-corrected chi connectivity index (χ1v) is 5.57. The van der Waals surface area contributed by atoms with Crippen molar-refractivity contribution in [1.29, 1.82) is 0 Å². The molecule has 3 heteroatoms. The highest BCUT2D eigenvalue weighted by Gasteiger charge is 2.39. The molecule has 0 atom stereocenters. The van der Waals surface area contributed by atoms with Gasteiger partial charge in [-0.15, -0.1) is 11.8 Å². The molecule has 1 aliphatic carbocycles. The van der Waals surface area contributed by atoms with Gasteiger partial charge < -0.3 is 5.11 Å². The third-order valence-electron chi connectivity index (χ3n) is 2.47. The second-order valence-corrected chi connectivity index (χ2v) is 4.94. The van der Waals surface area contributed by atoms with Crippen LogP contribution in [0.1, 0.15) is 39.0 Å². The van der Waals surface area contributed by atoms with Gasteiger partial charge in [-0.25, -0.2) is 0 Å². The number of hydrogen-bond donors (Lipinski definition) is 1. The van der Waals surface area contributed by atoms with E-state index in [-0.39, 0.29) is 0 Å². The standard InChI is InChI=1S/C9H16O2S/c1-2-12-9(8(10)11)6-4-3-5-7-9/h2-7H2,1H3,(H,10,11). The zero-order valence-corrected chi connectivity index (χ0v) is 8.32. The summed E-state index contributed by atoms with van der Waals surface area (Å²) in [4.78, 5) is 11.0. The molecule has 0 amide bonds. The average molecular weight is 188 g/mol. The fourth-order valence-electron chi connectivity index (χ4n) is 1.82. The van der Waals surface area contributed by atoms with Crippen LogP contribution in [0.4, 0.5) is 0 Å². The van der Waals surface area contributed by atoms with Crippen LogP contribution >= 0.6 is 11.8 Å². The van der Waals surface area contributed by atoms with Gasteiger partial charge in [-0.3, -0.25) is 4.79 Å². The first-order valence-electron chi connectivity index (χ1n) is 4.58. The lowest BCUT2D eigenvalue weighted by Crippen LogP contribution is -2.37. The number of carboxylic acids is 1. The number of aliphatic carboxylic acids is 1. The van der Waals surface area contributed by atoms with E-state index in [4.69, 9.17) is 5.11 Å².